The minimum absolute atomic E-state index is 0.409. The van der Waals surface area contributed by atoms with Gasteiger partial charge in [0.25, 0.3) is 0 Å². The molecule has 3 nitrogen and oxygen atoms in total. The van der Waals surface area contributed by atoms with Gasteiger partial charge in [-0.3, -0.25) is 0 Å². The van der Waals surface area contributed by atoms with E-state index in [9.17, 15) is 4.79 Å². The molecule has 1 aromatic heterocycles. The molecule has 0 aliphatic heterocycles. The minimum atomic E-state index is -0.409. The predicted octanol–water partition coefficient (Wildman–Crippen LogP) is 2.06. The number of halogens is 1. The maximum Gasteiger partial charge on any atom is 0.429 e. The van der Waals surface area contributed by atoms with Gasteiger partial charge in [0.2, 0.25) is 0 Å². The highest BCUT2D eigenvalue weighted by atomic mass is 79.9. The van der Waals surface area contributed by atoms with Crippen LogP contribution >= 0.6 is 16.1 Å². The number of hydrogen-bond donors (Lipinski definition) is 0. The zero-order valence-electron chi connectivity index (χ0n) is 7.12. The van der Waals surface area contributed by atoms with E-state index in [0.29, 0.717) is 18.6 Å². The van der Waals surface area contributed by atoms with Crippen LogP contribution in [0.25, 0.3) is 0 Å². The van der Waals surface area contributed by atoms with E-state index < -0.39 is 5.76 Å². The standard InChI is InChI=1S/C9H10BrNO2/c1-3-5-7-8(6-4-2)13-9(12)11(7)10/h3-4H,1-2,5-6H2. The van der Waals surface area contributed by atoms with Crippen LogP contribution in [0.2, 0.25) is 0 Å². The normalized spacial score (nSPS) is 9.92. The van der Waals surface area contributed by atoms with E-state index in [1.165, 1.54) is 3.59 Å². The molecular formula is C9H10BrNO2. The van der Waals surface area contributed by atoms with Crippen molar-refractivity contribution in [3.05, 3.63) is 47.3 Å². The Morgan fingerprint density at radius 1 is 1.38 bits per heavy atom. The molecule has 0 bridgehead atoms. The quantitative estimate of drug-likeness (QED) is 0.760. The van der Waals surface area contributed by atoms with E-state index in [1.807, 2.05) is 0 Å². The van der Waals surface area contributed by atoms with Gasteiger partial charge in [-0.05, 0) is 0 Å². The molecule has 0 N–H and O–H groups in total. The average Bonchev–Trinajstić information content (AvgIpc) is 2.34. The van der Waals surface area contributed by atoms with Gasteiger partial charge in [-0.15, -0.1) is 13.2 Å². The fraction of sp³-hybridized carbons (Fsp3) is 0.222. The van der Waals surface area contributed by atoms with Gasteiger partial charge in [-0.25, -0.2) is 8.39 Å². The van der Waals surface area contributed by atoms with Crippen LogP contribution in [0.1, 0.15) is 11.5 Å². The summed E-state index contributed by atoms with van der Waals surface area (Å²) in [7, 11) is 0. The monoisotopic (exact) mass is 243 g/mol. The third-order valence-electron chi connectivity index (χ3n) is 1.60. The first-order chi connectivity index (χ1) is 6.20. The molecule has 1 heterocycles. The molecule has 0 unspecified atom stereocenters. The lowest BCUT2D eigenvalue weighted by Gasteiger charge is -1.95. The fourth-order valence-corrected chi connectivity index (χ4v) is 1.46. The van der Waals surface area contributed by atoms with Crippen molar-refractivity contribution in [3.8, 4) is 0 Å². The zero-order chi connectivity index (χ0) is 9.84. The highest BCUT2D eigenvalue weighted by molar-refractivity contribution is 9.08. The Hall–Kier alpha value is -1.03. The van der Waals surface area contributed by atoms with E-state index >= 15 is 0 Å². The van der Waals surface area contributed by atoms with Gasteiger partial charge >= 0.3 is 5.76 Å². The Kier molecular flexibility index (Phi) is 3.31. The molecule has 0 aliphatic carbocycles. The van der Waals surface area contributed by atoms with Crippen LogP contribution in [-0.2, 0) is 12.8 Å². The molecule has 0 aromatic carbocycles. The van der Waals surface area contributed by atoms with E-state index in [4.69, 9.17) is 4.42 Å². The Balaban J connectivity index is 3.17. The lowest BCUT2D eigenvalue weighted by atomic mass is 10.2. The molecule has 0 atom stereocenters. The summed E-state index contributed by atoms with van der Waals surface area (Å²) in [5.74, 6) is 0.227. The molecule has 70 valence electrons. The zero-order valence-corrected chi connectivity index (χ0v) is 8.71. The number of aromatic nitrogens is 1. The van der Waals surface area contributed by atoms with Crippen LogP contribution < -0.4 is 5.76 Å². The average molecular weight is 244 g/mol. The Morgan fingerprint density at radius 2 is 2.00 bits per heavy atom. The van der Waals surface area contributed by atoms with Crippen molar-refractivity contribution in [2.75, 3.05) is 0 Å². The van der Waals surface area contributed by atoms with Gasteiger partial charge in [0.1, 0.15) is 5.76 Å². The number of hydrogen-bond acceptors (Lipinski definition) is 2. The second-order valence-corrected chi connectivity index (χ2v) is 3.21. The van der Waals surface area contributed by atoms with Crippen molar-refractivity contribution >= 4 is 16.1 Å². The van der Waals surface area contributed by atoms with E-state index in [0.717, 1.165) is 5.69 Å². The Labute approximate surface area is 84.7 Å². The lowest BCUT2D eigenvalue weighted by molar-refractivity contribution is 0.476. The van der Waals surface area contributed by atoms with Crippen LogP contribution in [-0.4, -0.2) is 3.59 Å². The maximum absolute atomic E-state index is 11.1. The number of oxazole rings is 1. The summed E-state index contributed by atoms with van der Waals surface area (Å²) in [6, 6.07) is 0. The van der Waals surface area contributed by atoms with Crippen molar-refractivity contribution in [2.24, 2.45) is 0 Å². The fourth-order valence-electron chi connectivity index (χ4n) is 1.05. The first-order valence-corrected chi connectivity index (χ1v) is 4.53. The summed E-state index contributed by atoms with van der Waals surface area (Å²) in [4.78, 5) is 11.1. The Morgan fingerprint density at radius 3 is 2.54 bits per heavy atom. The molecule has 0 amide bonds. The van der Waals surface area contributed by atoms with Crippen LogP contribution in [0.3, 0.4) is 0 Å². The summed E-state index contributed by atoms with van der Waals surface area (Å²) >= 11 is 3.10. The smallest absolute Gasteiger partial charge is 0.412 e. The van der Waals surface area contributed by atoms with Gasteiger partial charge in [0.05, 0.1) is 21.8 Å². The Bertz CT molecular complexity index is 375. The molecule has 13 heavy (non-hydrogen) atoms. The van der Waals surface area contributed by atoms with Crippen LogP contribution in [0.15, 0.2) is 34.5 Å². The molecule has 0 spiro atoms. The summed E-state index contributed by atoms with van der Waals surface area (Å²) < 4.78 is 6.29. The van der Waals surface area contributed by atoms with E-state index in [1.54, 1.807) is 12.2 Å². The van der Waals surface area contributed by atoms with Gasteiger partial charge in [0.15, 0.2) is 0 Å². The largest absolute Gasteiger partial charge is 0.429 e. The third-order valence-corrected chi connectivity index (χ3v) is 2.31. The molecule has 0 fully saturated rings. The molecule has 4 heteroatoms. The topological polar surface area (TPSA) is 35.1 Å². The highest BCUT2D eigenvalue weighted by Gasteiger charge is 2.11. The van der Waals surface area contributed by atoms with Crippen molar-refractivity contribution in [1.82, 2.24) is 3.59 Å². The minimum Gasteiger partial charge on any atom is -0.412 e. The molecule has 0 radical (unpaired) electrons. The molecule has 0 saturated carbocycles. The van der Waals surface area contributed by atoms with Gasteiger partial charge in [-0.1, -0.05) is 12.2 Å². The first kappa shape index (κ1) is 10.1. The summed E-state index contributed by atoms with van der Waals surface area (Å²) in [5, 5.41) is 0. The van der Waals surface area contributed by atoms with Crippen molar-refractivity contribution in [3.63, 3.8) is 0 Å². The van der Waals surface area contributed by atoms with E-state index in [2.05, 4.69) is 29.3 Å². The SMILES string of the molecule is C=CCc1oc(=O)n(Br)c1CC=C. The van der Waals surface area contributed by atoms with Gasteiger partial charge in [0, 0.05) is 12.8 Å². The lowest BCUT2D eigenvalue weighted by Crippen LogP contribution is -2.05. The number of nitrogens with zero attached hydrogens (tertiary/aromatic N) is 1. The van der Waals surface area contributed by atoms with Crippen molar-refractivity contribution in [2.45, 2.75) is 12.8 Å². The van der Waals surface area contributed by atoms with Crippen LogP contribution in [0, 0.1) is 0 Å². The molecule has 1 rings (SSSR count). The second-order valence-electron chi connectivity index (χ2n) is 2.50. The summed E-state index contributed by atoms with van der Waals surface area (Å²) in [5.41, 5.74) is 0.792. The number of allylic oxidation sites excluding steroid dienone is 2. The maximum atomic E-state index is 11.1. The molecule has 0 saturated heterocycles. The second kappa shape index (κ2) is 4.28. The first-order valence-electron chi connectivity index (χ1n) is 3.82. The van der Waals surface area contributed by atoms with Gasteiger partial charge in [-0.2, -0.15) is 0 Å². The van der Waals surface area contributed by atoms with E-state index in [-0.39, 0.29) is 0 Å². The molecule has 1 aromatic rings. The number of rotatable bonds is 4. The highest BCUT2D eigenvalue weighted by Crippen LogP contribution is 2.12. The van der Waals surface area contributed by atoms with Crippen LogP contribution in [0.5, 0.6) is 0 Å². The van der Waals surface area contributed by atoms with Gasteiger partial charge < -0.3 is 4.42 Å². The van der Waals surface area contributed by atoms with Crippen LogP contribution in [0.4, 0.5) is 0 Å². The third kappa shape index (κ3) is 2.01. The summed E-state index contributed by atoms with van der Waals surface area (Å²) in [6.07, 6.45) is 4.56. The summed E-state index contributed by atoms with van der Waals surface area (Å²) in [6.45, 7) is 7.19. The van der Waals surface area contributed by atoms with Crippen molar-refractivity contribution < 1.29 is 4.42 Å². The predicted molar refractivity (Wildman–Crippen MR) is 55.1 cm³/mol. The molecule has 0 aliphatic rings. The molecular weight excluding hydrogens is 234 g/mol. The van der Waals surface area contributed by atoms with Crippen molar-refractivity contribution in [1.29, 1.82) is 0 Å².